The van der Waals surface area contributed by atoms with E-state index in [2.05, 4.69) is 115 Å². The van der Waals surface area contributed by atoms with Crippen molar-refractivity contribution in [3.63, 3.8) is 0 Å². The van der Waals surface area contributed by atoms with Crippen LogP contribution in [0.1, 0.15) is 70.9 Å². The van der Waals surface area contributed by atoms with Gasteiger partial charge in [-0.25, -0.2) is 0 Å². The molecule has 0 radical (unpaired) electrons. The van der Waals surface area contributed by atoms with Gasteiger partial charge in [-0.2, -0.15) is 0 Å². The van der Waals surface area contributed by atoms with Crippen LogP contribution in [0.3, 0.4) is 0 Å². The summed E-state index contributed by atoms with van der Waals surface area (Å²) in [4.78, 5) is 13.0. The van der Waals surface area contributed by atoms with Crippen molar-refractivity contribution in [2.45, 2.75) is 66.3 Å². The summed E-state index contributed by atoms with van der Waals surface area (Å²) in [6.07, 6.45) is 2.79. The Balaban J connectivity index is 0.000000335. The van der Waals surface area contributed by atoms with Crippen molar-refractivity contribution in [2.75, 3.05) is 26.0 Å². The molecule has 0 aromatic heterocycles. The Morgan fingerprint density at radius 1 is 0.838 bits per heavy atom. The van der Waals surface area contributed by atoms with Crippen molar-refractivity contribution in [1.29, 1.82) is 0 Å². The molecular formula is C34H49N2O+. The van der Waals surface area contributed by atoms with Crippen molar-refractivity contribution in [3.8, 4) is 0 Å². The quantitative estimate of drug-likeness (QED) is 0.262. The molecule has 2 unspecified atom stereocenters. The molecule has 0 saturated heterocycles. The molecule has 0 saturated carbocycles. The van der Waals surface area contributed by atoms with Gasteiger partial charge in [0.25, 0.3) is 0 Å². The first-order valence-electron chi connectivity index (χ1n) is 13.9. The number of carbonyl (C=O) groups excluding carboxylic acids is 1. The second-order valence-corrected chi connectivity index (χ2v) is 11.6. The Labute approximate surface area is 226 Å². The molecule has 0 aliphatic rings. The average molecular weight is 502 g/mol. The van der Waals surface area contributed by atoms with E-state index in [9.17, 15) is 4.79 Å². The van der Waals surface area contributed by atoms with Gasteiger partial charge in [-0.15, -0.1) is 0 Å². The minimum Gasteiger partial charge on any atom is -0.326 e. The fourth-order valence-corrected chi connectivity index (χ4v) is 4.57. The van der Waals surface area contributed by atoms with E-state index in [1.165, 1.54) is 17.7 Å². The van der Waals surface area contributed by atoms with Crippen molar-refractivity contribution in [2.24, 2.45) is 11.3 Å². The molecule has 3 heteroatoms. The smallest absolute Gasteiger partial charge is 0.230 e. The Hall–Kier alpha value is -2.91. The van der Waals surface area contributed by atoms with Crippen LogP contribution < -0.4 is 5.32 Å². The lowest BCUT2D eigenvalue weighted by Gasteiger charge is -2.32. The van der Waals surface area contributed by atoms with E-state index < -0.39 is 0 Å². The Morgan fingerprint density at radius 3 is 1.84 bits per heavy atom. The fourth-order valence-electron chi connectivity index (χ4n) is 4.57. The molecule has 0 fully saturated rings. The molecule has 0 aliphatic heterocycles. The number of rotatable bonds is 11. The van der Waals surface area contributed by atoms with Gasteiger partial charge in [0.1, 0.15) is 6.54 Å². The van der Waals surface area contributed by atoms with E-state index in [-0.39, 0.29) is 11.3 Å². The molecule has 2 atom stereocenters. The van der Waals surface area contributed by atoms with Crippen LogP contribution >= 0.6 is 0 Å². The monoisotopic (exact) mass is 501 g/mol. The van der Waals surface area contributed by atoms with Gasteiger partial charge in [0, 0.05) is 16.7 Å². The molecule has 0 bridgehead atoms. The Kier molecular flexibility index (Phi) is 12.1. The van der Waals surface area contributed by atoms with E-state index in [1.54, 1.807) is 0 Å². The number of anilines is 1. The SMILES string of the molecule is CCC(C)(CC(CC(C)C)c1ccccc1)C(=O)Nc1ccccc1.CC[N+](C)(C)Cc1ccccc1. The van der Waals surface area contributed by atoms with Crippen LogP contribution in [0.5, 0.6) is 0 Å². The van der Waals surface area contributed by atoms with Crippen LogP contribution in [0.15, 0.2) is 91.0 Å². The van der Waals surface area contributed by atoms with Gasteiger partial charge in [0.05, 0.1) is 20.6 Å². The number of para-hydroxylation sites is 1. The number of nitrogens with one attached hydrogen (secondary N) is 1. The van der Waals surface area contributed by atoms with Gasteiger partial charge in [-0.3, -0.25) is 4.79 Å². The first kappa shape index (κ1) is 30.3. The number of hydrogen-bond donors (Lipinski definition) is 1. The van der Waals surface area contributed by atoms with Gasteiger partial charge >= 0.3 is 0 Å². The lowest BCUT2D eigenvalue weighted by molar-refractivity contribution is -0.901. The molecule has 3 aromatic rings. The first-order valence-corrected chi connectivity index (χ1v) is 13.9. The summed E-state index contributed by atoms with van der Waals surface area (Å²) in [7, 11) is 4.51. The molecule has 200 valence electrons. The van der Waals surface area contributed by atoms with Gasteiger partial charge in [0.15, 0.2) is 0 Å². The summed E-state index contributed by atoms with van der Waals surface area (Å²) in [6, 6.07) is 31.0. The molecule has 0 aliphatic carbocycles. The summed E-state index contributed by atoms with van der Waals surface area (Å²) in [6.45, 7) is 13.2. The van der Waals surface area contributed by atoms with Crippen LogP contribution in [0.4, 0.5) is 5.69 Å². The van der Waals surface area contributed by atoms with Crippen molar-refractivity contribution < 1.29 is 9.28 Å². The Bertz CT molecular complexity index is 1030. The molecule has 37 heavy (non-hydrogen) atoms. The highest BCUT2D eigenvalue weighted by Gasteiger charge is 2.34. The third kappa shape index (κ3) is 10.5. The van der Waals surface area contributed by atoms with E-state index in [1.807, 2.05) is 30.3 Å². The maximum absolute atomic E-state index is 13.0. The van der Waals surface area contributed by atoms with Crippen molar-refractivity contribution in [3.05, 3.63) is 102 Å². The zero-order chi connectivity index (χ0) is 27.3. The molecule has 0 heterocycles. The second-order valence-electron chi connectivity index (χ2n) is 11.6. The fraction of sp³-hybridized carbons (Fsp3) is 0.441. The second kappa shape index (κ2) is 14.7. The van der Waals surface area contributed by atoms with Crippen LogP contribution in [-0.2, 0) is 11.3 Å². The normalized spacial score (nSPS) is 13.7. The largest absolute Gasteiger partial charge is 0.326 e. The molecular weight excluding hydrogens is 452 g/mol. The average Bonchev–Trinajstić information content (AvgIpc) is 2.90. The highest BCUT2D eigenvalue weighted by atomic mass is 16.2. The van der Waals surface area contributed by atoms with Gasteiger partial charge in [-0.1, -0.05) is 107 Å². The number of quaternary nitrogens is 1. The van der Waals surface area contributed by atoms with Crippen LogP contribution in [0, 0.1) is 11.3 Å². The molecule has 3 nitrogen and oxygen atoms in total. The molecule has 1 amide bonds. The standard InChI is InChI=1S/C23H31NO.C11H18N/c1-5-23(4,22(25)24-21-14-10-7-11-15-21)17-20(16-18(2)3)19-12-8-6-9-13-19;1-4-12(2,3)10-11-8-6-5-7-9-11/h6-15,18,20H,5,16-17H2,1-4H3,(H,24,25);5-9H,4,10H2,1-3H3/q;+1. The third-order valence-corrected chi connectivity index (χ3v) is 7.39. The van der Waals surface area contributed by atoms with Gasteiger partial charge < -0.3 is 9.80 Å². The molecule has 1 N–H and O–H groups in total. The maximum atomic E-state index is 13.0. The summed E-state index contributed by atoms with van der Waals surface area (Å²) in [5, 5.41) is 3.10. The first-order chi connectivity index (χ1) is 17.6. The summed E-state index contributed by atoms with van der Waals surface area (Å²) >= 11 is 0. The van der Waals surface area contributed by atoms with Crippen LogP contribution in [0.2, 0.25) is 0 Å². The summed E-state index contributed by atoms with van der Waals surface area (Å²) in [5.41, 5.74) is 3.24. The topological polar surface area (TPSA) is 29.1 Å². The predicted octanol–water partition coefficient (Wildman–Crippen LogP) is 8.54. The van der Waals surface area contributed by atoms with E-state index in [0.717, 1.165) is 36.0 Å². The van der Waals surface area contributed by atoms with Gasteiger partial charge in [-0.05, 0) is 55.7 Å². The number of hydrogen-bond acceptors (Lipinski definition) is 1. The number of carbonyl (C=O) groups is 1. The van der Waals surface area contributed by atoms with Crippen LogP contribution in [-0.4, -0.2) is 31.0 Å². The minimum atomic E-state index is -0.384. The lowest BCUT2D eigenvalue weighted by Crippen LogP contribution is -2.38. The van der Waals surface area contributed by atoms with Crippen molar-refractivity contribution >= 4 is 11.6 Å². The van der Waals surface area contributed by atoms with Crippen molar-refractivity contribution in [1.82, 2.24) is 0 Å². The van der Waals surface area contributed by atoms with E-state index in [4.69, 9.17) is 0 Å². The zero-order valence-electron chi connectivity index (χ0n) is 24.2. The van der Waals surface area contributed by atoms with Crippen LogP contribution in [0.25, 0.3) is 0 Å². The summed E-state index contributed by atoms with van der Waals surface area (Å²) in [5.74, 6) is 1.11. The maximum Gasteiger partial charge on any atom is 0.230 e. The number of nitrogens with zero attached hydrogens (tertiary/aromatic N) is 1. The van der Waals surface area contributed by atoms with E-state index in [0.29, 0.717) is 11.8 Å². The summed E-state index contributed by atoms with van der Waals surface area (Å²) < 4.78 is 1.06. The lowest BCUT2D eigenvalue weighted by atomic mass is 9.73. The highest BCUT2D eigenvalue weighted by molar-refractivity contribution is 5.95. The number of amides is 1. The zero-order valence-corrected chi connectivity index (χ0v) is 24.2. The minimum absolute atomic E-state index is 0.117. The number of benzene rings is 3. The van der Waals surface area contributed by atoms with E-state index >= 15 is 0 Å². The highest BCUT2D eigenvalue weighted by Crippen LogP contribution is 2.39. The molecule has 3 rings (SSSR count). The third-order valence-electron chi connectivity index (χ3n) is 7.39. The molecule has 0 spiro atoms. The van der Waals surface area contributed by atoms with Gasteiger partial charge in [0.2, 0.25) is 5.91 Å². The molecule has 3 aromatic carbocycles. The Morgan fingerprint density at radius 2 is 1.35 bits per heavy atom. The predicted molar refractivity (Wildman–Crippen MR) is 160 cm³/mol.